The van der Waals surface area contributed by atoms with E-state index in [1.807, 2.05) is 0 Å². The molecule has 1 aromatic heterocycles. The van der Waals surface area contributed by atoms with Gasteiger partial charge in [-0.25, -0.2) is 12.8 Å². The van der Waals surface area contributed by atoms with E-state index < -0.39 is 21.7 Å². The molecule has 1 amide bonds. The highest BCUT2D eigenvalue weighted by atomic mass is 32.2. The molecular weight excluding hydrogens is 357 g/mol. The number of hydrogen-bond donors (Lipinski definition) is 4. The van der Waals surface area contributed by atoms with Crippen molar-refractivity contribution in [2.75, 3.05) is 10.0 Å². The van der Waals surface area contributed by atoms with E-state index in [1.54, 1.807) is 0 Å². The molecule has 11 heteroatoms. The van der Waals surface area contributed by atoms with Crippen LogP contribution in [0.25, 0.3) is 0 Å². The highest BCUT2D eigenvalue weighted by molar-refractivity contribution is 7.93. The normalized spacial score (nSPS) is 11.0. The number of rotatable bonds is 7. The topological polar surface area (TPSA) is 138 Å². The molecule has 0 aliphatic rings. The lowest BCUT2D eigenvalue weighted by molar-refractivity contribution is -0.116. The fraction of sp³-hybridized carbons (Fsp3) is 0.154. The minimum atomic E-state index is -3.95. The van der Waals surface area contributed by atoms with Gasteiger partial charge in [-0.3, -0.25) is 19.9 Å². The lowest BCUT2D eigenvalue weighted by Crippen LogP contribution is -2.17. The summed E-state index contributed by atoms with van der Waals surface area (Å²) >= 11 is 1.09. The standard InChI is InChI=1S/C13H14FN5O3S2/c14-9-5-8(24(21,22)19-13-6-17-7-23-13)1-2-10(9)18-12(20)4-3-11(15)16/h1-2,5-7,19H,3-4H2,(H3,15,16)(H,18,20). The maximum atomic E-state index is 14.0. The molecule has 0 fully saturated rings. The van der Waals surface area contributed by atoms with Gasteiger partial charge in [0.15, 0.2) is 0 Å². The van der Waals surface area contributed by atoms with Crippen molar-refractivity contribution in [3.63, 3.8) is 0 Å². The smallest absolute Gasteiger partial charge is 0.262 e. The molecular formula is C13H14FN5O3S2. The van der Waals surface area contributed by atoms with Crippen LogP contribution in [0.5, 0.6) is 0 Å². The molecule has 128 valence electrons. The van der Waals surface area contributed by atoms with E-state index in [0.29, 0.717) is 5.00 Å². The molecule has 8 nitrogen and oxygen atoms in total. The number of benzene rings is 1. The van der Waals surface area contributed by atoms with Crippen molar-refractivity contribution in [2.45, 2.75) is 17.7 Å². The molecule has 0 saturated carbocycles. The van der Waals surface area contributed by atoms with Gasteiger partial charge in [-0.2, -0.15) is 0 Å². The van der Waals surface area contributed by atoms with Crippen LogP contribution in [-0.2, 0) is 14.8 Å². The van der Waals surface area contributed by atoms with Crippen molar-refractivity contribution < 1.29 is 17.6 Å². The van der Waals surface area contributed by atoms with Crippen LogP contribution >= 0.6 is 11.3 Å². The zero-order valence-corrected chi connectivity index (χ0v) is 13.9. The average Bonchev–Trinajstić information content (AvgIpc) is 2.99. The zero-order chi connectivity index (χ0) is 17.7. The average molecular weight is 371 g/mol. The van der Waals surface area contributed by atoms with Crippen LogP contribution in [0, 0.1) is 11.2 Å². The van der Waals surface area contributed by atoms with E-state index in [1.165, 1.54) is 17.8 Å². The number of amides is 1. The highest BCUT2D eigenvalue weighted by Crippen LogP contribution is 2.23. The number of nitrogens with one attached hydrogen (secondary N) is 3. The summed E-state index contributed by atoms with van der Waals surface area (Å²) in [5, 5.41) is 9.64. The van der Waals surface area contributed by atoms with Crippen molar-refractivity contribution in [3.8, 4) is 0 Å². The van der Waals surface area contributed by atoms with Crippen LogP contribution in [0.1, 0.15) is 12.8 Å². The Balaban J connectivity index is 2.11. The van der Waals surface area contributed by atoms with Gasteiger partial charge >= 0.3 is 0 Å². The van der Waals surface area contributed by atoms with Crippen LogP contribution in [-0.4, -0.2) is 25.1 Å². The van der Waals surface area contributed by atoms with Crippen LogP contribution in [0.15, 0.2) is 34.8 Å². The number of nitrogens with two attached hydrogens (primary N) is 1. The maximum Gasteiger partial charge on any atom is 0.262 e. The molecule has 0 aliphatic heterocycles. The number of anilines is 2. The second-order valence-corrected chi connectivity index (χ2v) is 7.25. The third-order valence-electron chi connectivity index (χ3n) is 2.81. The van der Waals surface area contributed by atoms with Gasteiger partial charge in [0.05, 0.1) is 28.1 Å². The molecule has 24 heavy (non-hydrogen) atoms. The Kier molecular flexibility index (Phi) is 5.46. The highest BCUT2D eigenvalue weighted by Gasteiger charge is 2.18. The van der Waals surface area contributed by atoms with Crippen LogP contribution in [0.3, 0.4) is 0 Å². The second kappa shape index (κ2) is 7.36. The molecule has 0 unspecified atom stereocenters. The third-order valence-corrected chi connectivity index (χ3v) is 4.99. The van der Waals surface area contributed by atoms with E-state index in [2.05, 4.69) is 15.0 Å². The Labute approximate surface area is 141 Å². The lowest BCUT2D eigenvalue weighted by atomic mass is 10.2. The summed E-state index contributed by atoms with van der Waals surface area (Å²) in [7, 11) is -3.95. The third kappa shape index (κ3) is 4.73. The quantitative estimate of drug-likeness (QED) is 0.434. The molecule has 1 aromatic carbocycles. The number of carbonyl (C=O) groups excluding carboxylic acids is 1. The first-order valence-corrected chi connectivity index (χ1v) is 8.98. The number of thiazole rings is 1. The van der Waals surface area contributed by atoms with Gasteiger partial charge in [0.2, 0.25) is 5.91 Å². The monoisotopic (exact) mass is 371 g/mol. The Morgan fingerprint density at radius 1 is 1.38 bits per heavy atom. The van der Waals surface area contributed by atoms with E-state index in [0.717, 1.165) is 23.5 Å². The molecule has 0 bridgehead atoms. The predicted octanol–water partition coefficient (Wildman–Crippen LogP) is 1.74. The van der Waals surface area contributed by atoms with Crippen molar-refractivity contribution in [1.82, 2.24) is 4.98 Å². The number of carbonyl (C=O) groups is 1. The first-order chi connectivity index (χ1) is 11.3. The summed E-state index contributed by atoms with van der Waals surface area (Å²) in [5.74, 6) is -1.57. The molecule has 0 saturated heterocycles. The molecule has 2 rings (SSSR count). The summed E-state index contributed by atoms with van der Waals surface area (Å²) in [5.41, 5.74) is 6.44. The molecule has 0 aliphatic carbocycles. The first-order valence-electron chi connectivity index (χ1n) is 6.61. The van der Waals surface area contributed by atoms with Crippen LogP contribution in [0.4, 0.5) is 15.1 Å². The van der Waals surface area contributed by atoms with Gasteiger partial charge in [-0.1, -0.05) is 0 Å². The second-order valence-electron chi connectivity index (χ2n) is 4.69. The van der Waals surface area contributed by atoms with E-state index in [4.69, 9.17) is 11.1 Å². The number of nitrogens with zero attached hydrogens (tertiary/aromatic N) is 1. The Morgan fingerprint density at radius 3 is 2.71 bits per heavy atom. The summed E-state index contributed by atoms with van der Waals surface area (Å²) in [6.07, 6.45) is 1.32. The fourth-order valence-electron chi connectivity index (χ4n) is 1.68. The van der Waals surface area contributed by atoms with Crippen molar-refractivity contribution in [1.29, 1.82) is 5.41 Å². The summed E-state index contributed by atoms with van der Waals surface area (Å²) < 4.78 is 40.6. The zero-order valence-electron chi connectivity index (χ0n) is 12.2. The van der Waals surface area contributed by atoms with E-state index >= 15 is 0 Å². The van der Waals surface area contributed by atoms with E-state index in [9.17, 15) is 17.6 Å². The van der Waals surface area contributed by atoms with E-state index in [-0.39, 0.29) is 29.3 Å². The number of amidine groups is 1. The minimum absolute atomic E-state index is 0.0543. The largest absolute Gasteiger partial charge is 0.388 e. The van der Waals surface area contributed by atoms with Crippen molar-refractivity contribution >= 4 is 43.8 Å². The number of hydrogen-bond acceptors (Lipinski definition) is 6. The van der Waals surface area contributed by atoms with Gasteiger partial charge in [0.25, 0.3) is 10.0 Å². The van der Waals surface area contributed by atoms with Crippen molar-refractivity contribution in [2.24, 2.45) is 5.73 Å². The molecule has 0 radical (unpaired) electrons. The fourth-order valence-corrected chi connectivity index (χ4v) is 3.50. The minimum Gasteiger partial charge on any atom is -0.388 e. The summed E-state index contributed by atoms with van der Waals surface area (Å²) in [6, 6.07) is 3.14. The number of aromatic nitrogens is 1. The molecule has 1 heterocycles. The molecule has 0 atom stereocenters. The Morgan fingerprint density at radius 2 is 2.12 bits per heavy atom. The van der Waals surface area contributed by atoms with Gasteiger partial charge in [-0.15, -0.1) is 11.3 Å². The summed E-state index contributed by atoms with van der Waals surface area (Å²) in [4.78, 5) is 15.1. The Bertz CT molecular complexity index is 852. The van der Waals surface area contributed by atoms with Gasteiger partial charge < -0.3 is 11.1 Å². The SMILES string of the molecule is N=C(N)CCC(=O)Nc1ccc(S(=O)(=O)Nc2cncs2)cc1F. The number of halogens is 1. The maximum absolute atomic E-state index is 14.0. The van der Waals surface area contributed by atoms with Gasteiger partial charge in [-0.05, 0) is 18.2 Å². The lowest BCUT2D eigenvalue weighted by Gasteiger charge is -2.09. The molecule has 5 N–H and O–H groups in total. The van der Waals surface area contributed by atoms with Gasteiger partial charge in [0.1, 0.15) is 10.8 Å². The van der Waals surface area contributed by atoms with Gasteiger partial charge in [0, 0.05) is 12.8 Å². The first kappa shape index (κ1) is 17.8. The molecule has 2 aromatic rings. The number of sulfonamides is 1. The molecule has 0 spiro atoms. The van der Waals surface area contributed by atoms with Crippen LogP contribution in [0.2, 0.25) is 0 Å². The summed E-state index contributed by atoms with van der Waals surface area (Å²) in [6.45, 7) is 0. The predicted molar refractivity (Wildman–Crippen MR) is 89.1 cm³/mol. The van der Waals surface area contributed by atoms with Crippen LogP contribution < -0.4 is 15.8 Å². The van der Waals surface area contributed by atoms with Crippen molar-refractivity contribution in [3.05, 3.63) is 35.7 Å². The Hall–Kier alpha value is -2.53.